The topological polar surface area (TPSA) is 37.4 Å². The predicted molar refractivity (Wildman–Crippen MR) is 69.4 cm³/mol. The first-order chi connectivity index (χ1) is 8.06. The highest BCUT2D eigenvalue weighted by Crippen LogP contribution is 2.34. The summed E-state index contributed by atoms with van der Waals surface area (Å²) in [6.45, 7) is 4.37. The van der Waals surface area contributed by atoms with Gasteiger partial charge in [0.15, 0.2) is 0 Å². The highest BCUT2D eigenvalue weighted by Gasteiger charge is 2.37. The molecule has 17 heavy (non-hydrogen) atoms. The molecule has 2 atom stereocenters. The molecule has 1 fully saturated rings. The Morgan fingerprint density at radius 3 is 2.53 bits per heavy atom. The summed E-state index contributed by atoms with van der Waals surface area (Å²) in [6, 6.07) is 10.3. The number of sulfonamides is 1. The third-order valence-corrected chi connectivity index (χ3v) is 5.61. The molecule has 1 aliphatic heterocycles. The van der Waals surface area contributed by atoms with E-state index < -0.39 is 10.0 Å². The Hall–Kier alpha value is -0.870. The van der Waals surface area contributed by atoms with Gasteiger partial charge in [0.1, 0.15) is 0 Å². The van der Waals surface area contributed by atoms with Crippen LogP contribution in [0.3, 0.4) is 0 Å². The van der Waals surface area contributed by atoms with E-state index in [-0.39, 0.29) is 11.8 Å². The minimum atomic E-state index is -3.05. The van der Waals surface area contributed by atoms with E-state index in [0.717, 1.165) is 6.42 Å². The summed E-state index contributed by atoms with van der Waals surface area (Å²) in [6.07, 6.45) is 0.921. The van der Waals surface area contributed by atoms with Gasteiger partial charge in [0, 0.05) is 18.5 Å². The van der Waals surface area contributed by atoms with Gasteiger partial charge in [-0.15, -0.1) is 0 Å². The molecule has 1 aromatic rings. The second-order valence-electron chi connectivity index (χ2n) is 4.56. The first-order valence-corrected chi connectivity index (χ1v) is 7.71. The summed E-state index contributed by atoms with van der Waals surface area (Å²) in [5.41, 5.74) is 1.24. The van der Waals surface area contributed by atoms with E-state index in [0.29, 0.717) is 12.5 Å². The van der Waals surface area contributed by atoms with Crippen molar-refractivity contribution in [2.75, 3.05) is 12.3 Å². The zero-order valence-corrected chi connectivity index (χ0v) is 11.2. The van der Waals surface area contributed by atoms with Crippen molar-refractivity contribution in [3.8, 4) is 0 Å². The van der Waals surface area contributed by atoms with Crippen molar-refractivity contribution >= 4 is 10.0 Å². The van der Waals surface area contributed by atoms with Gasteiger partial charge >= 0.3 is 0 Å². The summed E-state index contributed by atoms with van der Waals surface area (Å²) < 4.78 is 25.5. The van der Waals surface area contributed by atoms with E-state index in [4.69, 9.17) is 0 Å². The van der Waals surface area contributed by atoms with E-state index in [2.05, 4.69) is 12.1 Å². The summed E-state index contributed by atoms with van der Waals surface area (Å²) in [5, 5.41) is 0. The minimum Gasteiger partial charge on any atom is -0.212 e. The van der Waals surface area contributed by atoms with Crippen LogP contribution >= 0.6 is 0 Å². The molecule has 94 valence electrons. The lowest BCUT2D eigenvalue weighted by molar-refractivity contribution is 0.394. The Morgan fingerprint density at radius 1 is 1.29 bits per heavy atom. The van der Waals surface area contributed by atoms with Crippen molar-refractivity contribution in [2.24, 2.45) is 0 Å². The van der Waals surface area contributed by atoms with E-state index in [1.807, 2.05) is 25.1 Å². The van der Waals surface area contributed by atoms with Crippen molar-refractivity contribution in [2.45, 2.75) is 32.2 Å². The molecule has 1 saturated heterocycles. The third-order valence-electron chi connectivity index (χ3n) is 3.65. The second kappa shape index (κ2) is 4.78. The van der Waals surface area contributed by atoms with Crippen LogP contribution < -0.4 is 0 Å². The quantitative estimate of drug-likeness (QED) is 0.828. The van der Waals surface area contributed by atoms with Gasteiger partial charge in [0.25, 0.3) is 0 Å². The lowest BCUT2D eigenvalue weighted by atomic mass is 9.93. The Kier molecular flexibility index (Phi) is 3.54. The van der Waals surface area contributed by atoms with Gasteiger partial charge in [-0.1, -0.05) is 30.3 Å². The molecule has 0 radical (unpaired) electrons. The number of benzene rings is 1. The van der Waals surface area contributed by atoms with Crippen LogP contribution in [0.2, 0.25) is 0 Å². The van der Waals surface area contributed by atoms with Crippen molar-refractivity contribution in [3.63, 3.8) is 0 Å². The lowest BCUT2D eigenvalue weighted by Crippen LogP contribution is -2.36. The van der Waals surface area contributed by atoms with Crippen LogP contribution in [0.25, 0.3) is 0 Å². The molecule has 0 spiro atoms. The molecule has 1 aliphatic rings. The van der Waals surface area contributed by atoms with Gasteiger partial charge in [-0.2, -0.15) is 4.31 Å². The van der Waals surface area contributed by atoms with Gasteiger partial charge < -0.3 is 0 Å². The average molecular weight is 253 g/mol. The van der Waals surface area contributed by atoms with E-state index in [1.165, 1.54) is 5.56 Å². The highest BCUT2D eigenvalue weighted by atomic mass is 32.2. The molecule has 3 nitrogen and oxygen atoms in total. The van der Waals surface area contributed by atoms with Crippen LogP contribution in [-0.2, 0) is 10.0 Å². The van der Waals surface area contributed by atoms with Crippen LogP contribution in [0, 0.1) is 0 Å². The molecule has 0 saturated carbocycles. The van der Waals surface area contributed by atoms with Crippen molar-refractivity contribution in [1.82, 2.24) is 4.31 Å². The number of nitrogens with zero attached hydrogens (tertiary/aromatic N) is 1. The Balaban J connectivity index is 2.22. The van der Waals surface area contributed by atoms with E-state index >= 15 is 0 Å². The Labute approximate surface area is 104 Å². The maximum absolute atomic E-state index is 11.9. The summed E-state index contributed by atoms with van der Waals surface area (Å²) >= 11 is 0. The van der Waals surface area contributed by atoms with Gasteiger partial charge in [0.05, 0.1) is 5.75 Å². The Bertz CT molecular complexity index is 469. The van der Waals surface area contributed by atoms with Crippen LogP contribution in [0.5, 0.6) is 0 Å². The minimum absolute atomic E-state index is 0.0716. The first-order valence-electron chi connectivity index (χ1n) is 6.10. The molecule has 1 aromatic carbocycles. The monoisotopic (exact) mass is 253 g/mol. The molecular formula is C13H19NO2S. The van der Waals surface area contributed by atoms with E-state index in [9.17, 15) is 8.42 Å². The fourth-order valence-corrected chi connectivity index (χ4v) is 3.98. The zero-order valence-electron chi connectivity index (χ0n) is 10.3. The molecule has 2 rings (SSSR count). The van der Waals surface area contributed by atoms with Gasteiger partial charge in [-0.05, 0) is 25.8 Å². The summed E-state index contributed by atoms with van der Waals surface area (Å²) in [5.74, 6) is 0.524. The molecule has 4 heteroatoms. The number of rotatable bonds is 3. The molecular weight excluding hydrogens is 234 g/mol. The molecule has 1 heterocycles. The van der Waals surface area contributed by atoms with Crippen LogP contribution in [0.15, 0.2) is 30.3 Å². The lowest BCUT2D eigenvalue weighted by Gasteiger charge is -2.23. The fraction of sp³-hybridized carbons (Fsp3) is 0.538. The average Bonchev–Trinajstić information content (AvgIpc) is 2.73. The molecule has 0 N–H and O–H groups in total. The van der Waals surface area contributed by atoms with E-state index in [1.54, 1.807) is 11.2 Å². The summed E-state index contributed by atoms with van der Waals surface area (Å²) in [7, 11) is -3.05. The molecule has 0 aromatic heterocycles. The van der Waals surface area contributed by atoms with Crippen LogP contribution in [-0.4, -0.2) is 31.1 Å². The zero-order chi connectivity index (χ0) is 12.5. The summed E-state index contributed by atoms with van der Waals surface area (Å²) in [4.78, 5) is 0. The van der Waals surface area contributed by atoms with Gasteiger partial charge in [-0.25, -0.2) is 8.42 Å². The highest BCUT2D eigenvalue weighted by molar-refractivity contribution is 7.89. The maximum Gasteiger partial charge on any atom is 0.214 e. The normalized spacial score (nSPS) is 26.2. The number of hydrogen-bond donors (Lipinski definition) is 0. The molecule has 0 amide bonds. The molecule has 0 bridgehead atoms. The van der Waals surface area contributed by atoms with Gasteiger partial charge in [0.2, 0.25) is 10.0 Å². The smallest absolute Gasteiger partial charge is 0.212 e. The van der Waals surface area contributed by atoms with Gasteiger partial charge in [-0.3, -0.25) is 0 Å². The fourth-order valence-electron chi connectivity index (χ4n) is 2.62. The van der Waals surface area contributed by atoms with Crippen molar-refractivity contribution < 1.29 is 8.42 Å². The molecule has 2 unspecified atom stereocenters. The molecule has 0 aliphatic carbocycles. The van der Waals surface area contributed by atoms with Crippen molar-refractivity contribution in [3.05, 3.63) is 35.9 Å². The second-order valence-corrected chi connectivity index (χ2v) is 6.77. The number of hydrogen-bond acceptors (Lipinski definition) is 2. The SMILES string of the molecule is CCS(=O)(=O)N1CCC(c2ccccc2)C1C. The Morgan fingerprint density at radius 2 is 1.94 bits per heavy atom. The maximum atomic E-state index is 11.9. The predicted octanol–water partition coefficient (Wildman–Crippen LogP) is 2.21. The standard InChI is InChI=1S/C13H19NO2S/c1-3-17(15,16)14-10-9-13(11(14)2)12-7-5-4-6-8-12/h4-8,11,13H,3,9-10H2,1-2H3. The van der Waals surface area contributed by atoms with Crippen LogP contribution in [0.4, 0.5) is 0 Å². The van der Waals surface area contributed by atoms with Crippen LogP contribution in [0.1, 0.15) is 31.7 Å². The third kappa shape index (κ3) is 2.38. The first kappa shape index (κ1) is 12.6. The largest absolute Gasteiger partial charge is 0.214 e. The van der Waals surface area contributed by atoms with Crippen molar-refractivity contribution in [1.29, 1.82) is 0 Å².